The lowest BCUT2D eigenvalue weighted by molar-refractivity contribution is -0.142. The van der Waals surface area contributed by atoms with Crippen LogP contribution in [-0.2, 0) is 35.6 Å². The molecule has 1 aliphatic carbocycles. The van der Waals surface area contributed by atoms with Crippen LogP contribution >= 0.6 is 0 Å². The van der Waals surface area contributed by atoms with Crippen LogP contribution in [0.15, 0.2) is 0 Å². The summed E-state index contributed by atoms with van der Waals surface area (Å²) in [4.78, 5) is 15.4. The van der Waals surface area contributed by atoms with Crippen LogP contribution in [0, 0.1) is 5.92 Å². The van der Waals surface area contributed by atoms with E-state index in [2.05, 4.69) is 4.98 Å². The fourth-order valence-electron chi connectivity index (χ4n) is 2.70. The summed E-state index contributed by atoms with van der Waals surface area (Å²) in [6, 6.07) is 0. The molecule has 1 aromatic heterocycles. The Bertz CT molecular complexity index is 499. The Hall–Kier alpha value is -1.62. The van der Waals surface area contributed by atoms with Crippen molar-refractivity contribution in [3.8, 4) is 0 Å². The van der Waals surface area contributed by atoms with E-state index < -0.39 is 5.97 Å². The number of nitrogens with zero attached hydrogens (tertiary/aromatic N) is 1. The second-order valence-corrected chi connectivity index (χ2v) is 4.65. The molecule has 0 saturated heterocycles. The number of rotatable bonds is 1. The summed E-state index contributed by atoms with van der Waals surface area (Å²) in [5, 5.41) is 9.09. The van der Waals surface area contributed by atoms with E-state index in [4.69, 9.17) is 15.6 Å². The minimum absolute atomic E-state index is 0.294. The van der Waals surface area contributed by atoms with Crippen molar-refractivity contribution >= 4 is 11.8 Å². The van der Waals surface area contributed by atoms with Gasteiger partial charge in [-0.25, -0.2) is 4.98 Å². The predicted octanol–water partition coefficient (Wildman–Crippen LogP) is 0.883. The number of carboxylic acids is 1. The summed E-state index contributed by atoms with van der Waals surface area (Å²) in [5.74, 6) is -0.470. The molecule has 0 fully saturated rings. The maximum atomic E-state index is 11.1. The number of carboxylic acid groups (broad SMARTS) is 1. The van der Waals surface area contributed by atoms with Crippen molar-refractivity contribution in [2.75, 3.05) is 5.73 Å². The normalized spacial score (nSPS) is 22.0. The van der Waals surface area contributed by atoms with Crippen molar-refractivity contribution in [1.82, 2.24) is 4.98 Å². The third kappa shape index (κ3) is 1.58. The Balaban J connectivity index is 2.07. The number of aliphatic carboxylic acids is 1. The van der Waals surface area contributed by atoms with E-state index in [0.29, 0.717) is 38.3 Å². The van der Waals surface area contributed by atoms with Gasteiger partial charge in [-0.2, -0.15) is 0 Å². The zero-order valence-electron chi connectivity index (χ0n) is 9.40. The van der Waals surface area contributed by atoms with Crippen LogP contribution in [0.5, 0.6) is 0 Å². The minimum atomic E-state index is -0.722. The van der Waals surface area contributed by atoms with Gasteiger partial charge < -0.3 is 15.6 Å². The highest BCUT2D eigenvalue weighted by Gasteiger charge is 2.30. The van der Waals surface area contributed by atoms with Crippen LogP contribution in [0.25, 0.3) is 0 Å². The van der Waals surface area contributed by atoms with Crippen molar-refractivity contribution in [2.45, 2.75) is 32.5 Å². The quantitative estimate of drug-likeness (QED) is 0.753. The third-order valence-corrected chi connectivity index (χ3v) is 3.66. The Kier molecular flexibility index (Phi) is 2.29. The van der Waals surface area contributed by atoms with Crippen LogP contribution in [0.1, 0.15) is 28.8 Å². The van der Waals surface area contributed by atoms with E-state index in [1.165, 1.54) is 0 Å². The molecule has 0 aromatic carbocycles. The van der Waals surface area contributed by atoms with Crippen LogP contribution in [0.2, 0.25) is 0 Å². The molecular formula is C12H14N2O3. The molecule has 5 heteroatoms. The molecule has 0 amide bonds. The average molecular weight is 234 g/mol. The molecule has 1 aromatic rings. The molecule has 2 aliphatic rings. The van der Waals surface area contributed by atoms with Crippen molar-refractivity contribution < 1.29 is 14.6 Å². The highest BCUT2D eigenvalue weighted by atomic mass is 16.5. The van der Waals surface area contributed by atoms with E-state index in [0.717, 1.165) is 22.4 Å². The molecule has 17 heavy (non-hydrogen) atoms. The van der Waals surface area contributed by atoms with Crippen LogP contribution < -0.4 is 5.73 Å². The Morgan fingerprint density at radius 1 is 1.35 bits per heavy atom. The highest BCUT2D eigenvalue weighted by molar-refractivity contribution is 5.71. The van der Waals surface area contributed by atoms with Crippen molar-refractivity contribution in [1.29, 1.82) is 0 Å². The molecule has 0 radical (unpaired) electrons. The summed E-state index contributed by atoms with van der Waals surface area (Å²) in [6.45, 7) is 1.04. The summed E-state index contributed by atoms with van der Waals surface area (Å²) in [7, 11) is 0. The Labute approximate surface area is 98.6 Å². The third-order valence-electron chi connectivity index (χ3n) is 3.66. The molecule has 0 saturated carbocycles. The lowest BCUT2D eigenvalue weighted by Gasteiger charge is -2.23. The number of nitrogen functional groups attached to an aromatic ring is 1. The lowest BCUT2D eigenvalue weighted by atomic mass is 9.83. The topological polar surface area (TPSA) is 85.4 Å². The number of hydrogen-bond donors (Lipinski definition) is 2. The van der Waals surface area contributed by atoms with Gasteiger partial charge in [-0.05, 0) is 30.4 Å². The first-order chi connectivity index (χ1) is 8.16. The molecule has 2 heterocycles. The molecule has 3 N–H and O–H groups in total. The first-order valence-corrected chi connectivity index (χ1v) is 5.76. The summed E-state index contributed by atoms with van der Waals surface area (Å²) < 4.78 is 5.39. The van der Waals surface area contributed by atoms with Gasteiger partial charge in [0.05, 0.1) is 19.1 Å². The second kappa shape index (κ2) is 3.70. The van der Waals surface area contributed by atoms with Gasteiger partial charge in [0.2, 0.25) is 0 Å². The van der Waals surface area contributed by atoms with Gasteiger partial charge in [0.1, 0.15) is 5.82 Å². The van der Waals surface area contributed by atoms with Gasteiger partial charge in [-0.3, -0.25) is 4.79 Å². The maximum absolute atomic E-state index is 11.1. The number of fused-ring (bicyclic) bond motifs is 3. The van der Waals surface area contributed by atoms with E-state index in [9.17, 15) is 4.79 Å². The van der Waals surface area contributed by atoms with Gasteiger partial charge in [0, 0.05) is 11.3 Å². The first-order valence-electron chi connectivity index (χ1n) is 5.76. The zero-order valence-corrected chi connectivity index (χ0v) is 9.40. The predicted molar refractivity (Wildman–Crippen MR) is 60.3 cm³/mol. The summed E-state index contributed by atoms with van der Waals surface area (Å²) in [5.41, 5.74) is 9.94. The number of carbonyl (C=O) groups is 1. The molecule has 90 valence electrons. The van der Waals surface area contributed by atoms with Crippen LogP contribution in [0.4, 0.5) is 5.82 Å². The Morgan fingerprint density at radius 2 is 2.12 bits per heavy atom. The van der Waals surface area contributed by atoms with E-state index in [1.54, 1.807) is 0 Å². The average Bonchev–Trinajstić information content (AvgIpc) is 2.78. The fourth-order valence-corrected chi connectivity index (χ4v) is 2.70. The van der Waals surface area contributed by atoms with Gasteiger partial charge >= 0.3 is 5.97 Å². The van der Waals surface area contributed by atoms with Gasteiger partial charge in [0.25, 0.3) is 0 Å². The maximum Gasteiger partial charge on any atom is 0.306 e. The van der Waals surface area contributed by atoms with E-state index in [-0.39, 0.29) is 5.92 Å². The smallest absolute Gasteiger partial charge is 0.306 e. The molecule has 0 spiro atoms. The van der Waals surface area contributed by atoms with Crippen molar-refractivity contribution in [2.24, 2.45) is 5.92 Å². The number of pyridine rings is 1. The van der Waals surface area contributed by atoms with Crippen molar-refractivity contribution in [3.63, 3.8) is 0 Å². The lowest BCUT2D eigenvalue weighted by Crippen LogP contribution is -2.24. The van der Waals surface area contributed by atoms with Gasteiger partial charge in [-0.1, -0.05) is 0 Å². The Morgan fingerprint density at radius 3 is 2.88 bits per heavy atom. The number of aromatic nitrogens is 1. The molecule has 0 bridgehead atoms. The SMILES string of the molecule is Nc1nc2c(c3c1COC3)C[C@@H](C(=O)O)CC2. The number of hydrogen-bond acceptors (Lipinski definition) is 4. The second-order valence-electron chi connectivity index (χ2n) is 4.65. The monoisotopic (exact) mass is 234 g/mol. The fraction of sp³-hybridized carbons (Fsp3) is 0.500. The minimum Gasteiger partial charge on any atom is -0.481 e. The molecule has 1 atom stereocenters. The molecule has 0 unspecified atom stereocenters. The van der Waals surface area contributed by atoms with Crippen molar-refractivity contribution in [3.05, 3.63) is 22.4 Å². The molecular weight excluding hydrogens is 220 g/mol. The summed E-state index contributed by atoms with van der Waals surface area (Å²) >= 11 is 0. The van der Waals surface area contributed by atoms with Crippen LogP contribution in [-0.4, -0.2) is 16.1 Å². The van der Waals surface area contributed by atoms with E-state index >= 15 is 0 Å². The summed E-state index contributed by atoms with van der Waals surface area (Å²) in [6.07, 6.45) is 1.90. The number of nitrogens with two attached hydrogens (primary N) is 1. The van der Waals surface area contributed by atoms with Crippen LogP contribution in [0.3, 0.4) is 0 Å². The number of anilines is 1. The molecule has 3 rings (SSSR count). The molecule has 1 aliphatic heterocycles. The van der Waals surface area contributed by atoms with Gasteiger partial charge in [0.15, 0.2) is 0 Å². The highest BCUT2D eigenvalue weighted by Crippen LogP contribution is 2.34. The largest absolute Gasteiger partial charge is 0.481 e. The first kappa shape index (κ1) is 10.5. The number of aryl methyl sites for hydroxylation is 1. The number of ether oxygens (including phenoxy) is 1. The van der Waals surface area contributed by atoms with Gasteiger partial charge in [-0.15, -0.1) is 0 Å². The standard InChI is InChI=1S/C12H14N2O3/c13-11-9-5-17-4-8(9)7-3-6(12(15)16)1-2-10(7)14-11/h6H,1-5H2,(H2,13,14)(H,15,16)/t6-/m0/s1. The zero-order chi connectivity index (χ0) is 12.0. The van der Waals surface area contributed by atoms with E-state index in [1.807, 2.05) is 0 Å². The molecule has 5 nitrogen and oxygen atoms in total.